The van der Waals surface area contributed by atoms with Crippen molar-refractivity contribution in [1.29, 1.82) is 0 Å². The Balaban J connectivity index is 1.33. The van der Waals surface area contributed by atoms with E-state index in [1.165, 1.54) is 25.7 Å². The van der Waals surface area contributed by atoms with Gasteiger partial charge in [-0.3, -0.25) is 0 Å². The highest BCUT2D eigenvalue weighted by atomic mass is 16.4. The lowest BCUT2D eigenvalue weighted by Crippen LogP contribution is -2.62. The van der Waals surface area contributed by atoms with Crippen molar-refractivity contribution >= 4 is 12.0 Å². The number of nitrogens with zero attached hydrogens (tertiary/aromatic N) is 2. The summed E-state index contributed by atoms with van der Waals surface area (Å²) in [7, 11) is 0. The van der Waals surface area contributed by atoms with Gasteiger partial charge in [-0.2, -0.15) is 5.10 Å². The molecule has 0 amide bonds. The molecule has 6 heteroatoms. The maximum Gasteiger partial charge on any atom is 0.356 e. The van der Waals surface area contributed by atoms with Crippen molar-refractivity contribution in [1.82, 2.24) is 10.2 Å². The first-order valence-corrected chi connectivity index (χ1v) is 14.7. The van der Waals surface area contributed by atoms with Gasteiger partial charge in [0.05, 0.1) is 18.4 Å². The molecule has 204 valence electrons. The zero-order valence-corrected chi connectivity index (χ0v) is 23.0. The Kier molecular flexibility index (Phi) is 7.29. The molecule has 4 aliphatic carbocycles. The molecule has 6 nitrogen and oxygen atoms in total. The maximum atomic E-state index is 11.9. The second-order valence-electron chi connectivity index (χ2n) is 13.4. The first-order valence-electron chi connectivity index (χ1n) is 14.7. The topological polar surface area (TPSA) is 104 Å². The summed E-state index contributed by atoms with van der Waals surface area (Å²) < 4.78 is 0. The summed E-state index contributed by atoms with van der Waals surface area (Å²) in [5.74, 6) is 2.34. The van der Waals surface area contributed by atoms with Crippen LogP contribution in [0.25, 0.3) is 6.08 Å². The first-order chi connectivity index (χ1) is 17.6. The van der Waals surface area contributed by atoms with Crippen LogP contribution in [0.5, 0.6) is 0 Å². The molecule has 4 saturated carbocycles. The summed E-state index contributed by atoms with van der Waals surface area (Å²) in [5, 5.41) is 39.0. The molecule has 0 saturated heterocycles. The van der Waals surface area contributed by atoms with Gasteiger partial charge in [-0.15, -0.1) is 5.10 Å². The number of hydrogen-bond acceptors (Lipinski definition) is 5. The smallest absolute Gasteiger partial charge is 0.356 e. The highest BCUT2D eigenvalue weighted by Crippen LogP contribution is 2.69. The highest BCUT2D eigenvalue weighted by molar-refractivity contribution is 5.85. The number of carbonyl (C=O) groups is 1. The number of aromatic carboxylic acids is 1. The standard InChI is InChI=1S/C31H46N2O4/c1-5-21-25-16-20(34)11-13-31(25,4)24-12-14-30(3)22(9-10-23(30)27(24)28(21)35)18(2)7-6-8-19-15-26(29(36)37)33-32-17-19/h6,8,15,17-18,20-25,27-28,34-35H,5,7,9-14,16H2,1-4H3,(H,36,37)/b8-6+/t18-,20-,21-,22-,23?,24?,25+,27?,28-,30-,31-/m1/s1. The molecule has 4 fully saturated rings. The van der Waals surface area contributed by atoms with Crippen LogP contribution in [-0.4, -0.2) is 43.7 Å². The minimum Gasteiger partial charge on any atom is -0.476 e. The molecule has 5 rings (SSSR count). The molecule has 0 spiro atoms. The van der Waals surface area contributed by atoms with Crippen molar-refractivity contribution in [2.45, 2.75) is 97.7 Å². The molecule has 0 radical (unpaired) electrons. The molecule has 11 atom stereocenters. The van der Waals surface area contributed by atoms with E-state index in [9.17, 15) is 20.1 Å². The molecule has 4 aliphatic rings. The largest absolute Gasteiger partial charge is 0.476 e. The number of fused-ring (bicyclic) bond motifs is 5. The Hall–Kier alpha value is -1.79. The van der Waals surface area contributed by atoms with Gasteiger partial charge in [-0.25, -0.2) is 4.79 Å². The fourth-order valence-electron chi connectivity index (χ4n) is 10.1. The van der Waals surface area contributed by atoms with Gasteiger partial charge in [-0.05, 0) is 115 Å². The maximum absolute atomic E-state index is 11.9. The van der Waals surface area contributed by atoms with Gasteiger partial charge in [0.1, 0.15) is 0 Å². The lowest BCUT2D eigenvalue weighted by Gasteiger charge is -2.64. The van der Waals surface area contributed by atoms with Crippen molar-refractivity contribution < 1.29 is 20.1 Å². The fraction of sp³-hybridized carbons (Fsp3) is 0.774. The van der Waals surface area contributed by atoms with E-state index in [0.29, 0.717) is 41.4 Å². The van der Waals surface area contributed by atoms with E-state index in [1.807, 2.05) is 6.08 Å². The second kappa shape index (κ2) is 10.1. The molecular formula is C31H46N2O4. The number of aliphatic hydroxyl groups excluding tert-OH is 2. The molecule has 37 heavy (non-hydrogen) atoms. The number of carboxylic acid groups (broad SMARTS) is 1. The number of hydrogen-bond donors (Lipinski definition) is 3. The Bertz CT molecular complexity index is 1030. The minimum atomic E-state index is -1.06. The summed E-state index contributed by atoms with van der Waals surface area (Å²) in [6.07, 6.45) is 15.0. The van der Waals surface area contributed by atoms with Crippen LogP contribution in [0.15, 0.2) is 18.3 Å². The van der Waals surface area contributed by atoms with Crippen LogP contribution in [0.1, 0.15) is 102 Å². The van der Waals surface area contributed by atoms with Crippen molar-refractivity contribution in [3.8, 4) is 0 Å². The lowest BCUT2D eigenvalue weighted by atomic mass is 9.41. The van der Waals surface area contributed by atoms with E-state index < -0.39 is 5.97 Å². The first kappa shape index (κ1) is 26.8. The van der Waals surface area contributed by atoms with E-state index in [-0.39, 0.29) is 28.7 Å². The third kappa shape index (κ3) is 4.46. The molecule has 3 unspecified atom stereocenters. The van der Waals surface area contributed by atoms with Crippen LogP contribution in [0.3, 0.4) is 0 Å². The van der Waals surface area contributed by atoms with Gasteiger partial charge >= 0.3 is 5.97 Å². The third-order valence-corrected chi connectivity index (χ3v) is 11.9. The van der Waals surface area contributed by atoms with Gasteiger partial charge < -0.3 is 15.3 Å². The average Bonchev–Trinajstić information content (AvgIpc) is 3.22. The van der Waals surface area contributed by atoms with Gasteiger partial charge in [0.25, 0.3) is 0 Å². The average molecular weight is 511 g/mol. The van der Waals surface area contributed by atoms with Crippen molar-refractivity contribution in [2.24, 2.45) is 52.3 Å². The Morgan fingerprint density at radius 1 is 1.11 bits per heavy atom. The van der Waals surface area contributed by atoms with Crippen LogP contribution in [0.2, 0.25) is 0 Å². The lowest BCUT2D eigenvalue weighted by molar-refractivity contribution is -0.203. The Morgan fingerprint density at radius 2 is 1.84 bits per heavy atom. The SMILES string of the molecule is CC[C@H]1[C@@H](O)C2C3CC[C@H]([C@H](C)C/C=C/c4cnnc(C(=O)O)c4)[C@@]3(C)CCC2[C@@]2(C)CC[C@@H](O)C[C@@H]12. The number of carboxylic acids is 1. The normalized spacial score (nSPS) is 44.2. The van der Waals surface area contributed by atoms with E-state index in [0.717, 1.165) is 37.7 Å². The van der Waals surface area contributed by atoms with Gasteiger partial charge in [0.15, 0.2) is 5.69 Å². The van der Waals surface area contributed by atoms with Crippen LogP contribution in [0, 0.1) is 52.3 Å². The molecule has 3 N–H and O–H groups in total. The highest BCUT2D eigenvalue weighted by Gasteiger charge is 2.64. The van der Waals surface area contributed by atoms with Crippen LogP contribution in [0.4, 0.5) is 0 Å². The molecule has 0 aliphatic heterocycles. The van der Waals surface area contributed by atoms with Crippen LogP contribution >= 0.6 is 0 Å². The van der Waals surface area contributed by atoms with E-state index >= 15 is 0 Å². The molecule has 1 aromatic rings. The predicted octanol–water partition coefficient (Wildman–Crippen LogP) is 5.84. The summed E-state index contributed by atoms with van der Waals surface area (Å²) in [6, 6.07) is 1.57. The second-order valence-corrected chi connectivity index (χ2v) is 13.4. The van der Waals surface area contributed by atoms with E-state index in [2.05, 4.69) is 44.0 Å². The molecular weight excluding hydrogens is 464 g/mol. The quantitative estimate of drug-likeness (QED) is 0.444. The monoisotopic (exact) mass is 510 g/mol. The Morgan fingerprint density at radius 3 is 2.57 bits per heavy atom. The third-order valence-electron chi connectivity index (χ3n) is 11.9. The summed E-state index contributed by atoms with van der Waals surface area (Å²) in [4.78, 5) is 11.2. The predicted molar refractivity (Wildman–Crippen MR) is 144 cm³/mol. The zero-order chi connectivity index (χ0) is 26.5. The van der Waals surface area contributed by atoms with Crippen LogP contribution in [-0.2, 0) is 0 Å². The number of aliphatic hydroxyl groups is 2. The molecule has 0 bridgehead atoms. The summed E-state index contributed by atoms with van der Waals surface area (Å²) in [6.45, 7) is 9.63. The van der Waals surface area contributed by atoms with Crippen LogP contribution < -0.4 is 0 Å². The van der Waals surface area contributed by atoms with E-state index in [4.69, 9.17) is 0 Å². The molecule has 1 aromatic heterocycles. The Labute approximate surface area is 222 Å². The summed E-state index contributed by atoms with van der Waals surface area (Å²) in [5.41, 5.74) is 1.23. The zero-order valence-electron chi connectivity index (χ0n) is 23.0. The van der Waals surface area contributed by atoms with Crippen molar-refractivity contribution in [3.05, 3.63) is 29.6 Å². The number of allylic oxidation sites excluding steroid dienone is 1. The summed E-state index contributed by atoms with van der Waals surface area (Å²) >= 11 is 0. The van der Waals surface area contributed by atoms with E-state index in [1.54, 1.807) is 12.3 Å². The van der Waals surface area contributed by atoms with Gasteiger partial charge in [-0.1, -0.05) is 46.3 Å². The fourth-order valence-corrected chi connectivity index (χ4v) is 10.1. The molecule has 1 heterocycles. The molecule has 0 aromatic carbocycles. The van der Waals surface area contributed by atoms with Gasteiger partial charge in [0.2, 0.25) is 0 Å². The minimum absolute atomic E-state index is 0.0297. The van der Waals surface area contributed by atoms with Gasteiger partial charge in [0, 0.05) is 0 Å². The van der Waals surface area contributed by atoms with Crippen molar-refractivity contribution in [3.63, 3.8) is 0 Å². The number of aromatic nitrogens is 2. The van der Waals surface area contributed by atoms with Crippen molar-refractivity contribution in [2.75, 3.05) is 0 Å². The number of rotatable bonds is 6.